The number of hydrogen-bond donors (Lipinski definition) is 1. The first-order chi connectivity index (χ1) is 10.2. The normalized spacial score (nSPS) is 29.2. The van der Waals surface area contributed by atoms with Crippen molar-refractivity contribution in [3.63, 3.8) is 0 Å². The van der Waals surface area contributed by atoms with Crippen molar-refractivity contribution in [3.05, 3.63) is 16.4 Å². The summed E-state index contributed by atoms with van der Waals surface area (Å²) in [7, 11) is 0. The van der Waals surface area contributed by atoms with Crippen LogP contribution in [0.15, 0.2) is 0 Å². The molecule has 0 aliphatic heterocycles. The van der Waals surface area contributed by atoms with Gasteiger partial charge in [-0.3, -0.25) is 4.68 Å². The predicted octanol–water partition coefficient (Wildman–Crippen LogP) is 3.82. The summed E-state index contributed by atoms with van der Waals surface area (Å²) in [5.74, 6) is 2.81. The Bertz CT molecular complexity index is 484. The first-order valence-corrected chi connectivity index (χ1v) is 9.00. The van der Waals surface area contributed by atoms with Gasteiger partial charge in [-0.15, -0.1) is 0 Å². The molecule has 0 spiro atoms. The van der Waals surface area contributed by atoms with E-state index < -0.39 is 0 Å². The molecule has 0 radical (unpaired) electrons. The van der Waals surface area contributed by atoms with E-state index in [1.165, 1.54) is 31.4 Å². The lowest BCUT2D eigenvalue weighted by Gasteiger charge is -2.19. The lowest BCUT2D eigenvalue weighted by Crippen LogP contribution is -2.35. The van der Waals surface area contributed by atoms with Crippen molar-refractivity contribution in [2.75, 3.05) is 6.54 Å². The van der Waals surface area contributed by atoms with Gasteiger partial charge in [0.15, 0.2) is 0 Å². The molecule has 1 N–H and O–H groups in total. The topological polar surface area (TPSA) is 29.9 Å². The maximum Gasteiger partial charge on any atom is 0.0847 e. The fraction of sp³-hybridized carbons (Fsp3) is 0.824. The molecule has 118 valence electrons. The van der Waals surface area contributed by atoms with E-state index in [4.69, 9.17) is 11.6 Å². The fourth-order valence-corrected chi connectivity index (χ4v) is 4.74. The first kappa shape index (κ1) is 15.4. The van der Waals surface area contributed by atoms with Gasteiger partial charge in [0.25, 0.3) is 0 Å². The number of aromatic nitrogens is 2. The van der Waals surface area contributed by atoms with Crippen molar-refractivity contribution in [2.24, 2.45) is 17.8 Å². The number of nitrogens with one attached hydrogen (secondary N) is 1. The highest BCUT2D eigenvalue weighted by Gasteiger charge is 2.53. The van der Waals surface area contributed by atoms with Crippen molar-refractivity contribution in [3.8, 4) is 0 Å². The lowest BCUT2D eigenvalue weighted by molar-refractivity contribution is 0.424. The summed E-state index contributed by atoms with van der Waals surface area (Å²) >= 11 is 6.50. The van der Waals surface area contributed by atoms with Crippen LogP contribution in [0.5, 0.6) is 0 Å². The summed E-state index contributed by atoms with van der Waals surface area (Å²) < 4.78 is 2.09. The van der Waals surface area contributed by atoms with Crippen LogP contribution in [0.3, 0.4) is 0 Å². The monoisotopic (exact) mass is 309 g/mol. The lowest BCUT2D eigenvalue weighted by atomic mass is 10.0. The Kier molecular flexibility index (Phi) is 4.60. The molecule has 3 atom stereocenters. The van der Waals surface area contributed by atoms with Gasteiger partial charge in [-0.1, -0.05) is 31.4 Å². The Labute approximate surface area is 133 Å². The van der Waals surface area contributed by atoms with Crippen LogP contribution in [0.1, 0.15) is 50.9 Å². The Morgan fingerprint density at radius 3 is 2.52 bits per heavy atom. The van der Waals surface area contributed by atoms with E-state index >= 15 is 0 Å². The molecule has 2 aliphatic rings. The minimum atomic E-state index is 0.571. The number of hydrogen-bond acceptors (Lipinski definition) is 2. The minimum Gasteiger partial charge on any atom is -0.314 e. The van der Waals surface area contributed by atoms with Crippen LogP contribution in [0, 0.1) is 24.7 Å². The van der Waals surface area contributed by atoms with Gasteiger partial charge in [0.05, 0.1) is 16.4 Å². The van der Waals surface area contributed by atoms with Crippen molar-refractivity contribution in [1.82, 2.24) is 15.1 Å². The second-order valence-corrected chi connectivity index (χ2v) is 7.10. The van der Waals surface area contributed by atoms with E-state index in [-0.39, 0.29) is 0 Å². The molecule has 3 unspecified atom stereocenters. The molecule has 0 saturated heterocycles. The van der Waals surface area contributed by atoms with Crippen LogP contribution < -0.4 is 5.32 Å². The average Bonchev–Trinajstić information content (AvgIpc) is 3.16. The van der Waals surface area contributed by atoms with E-state index in [0.29, 0.717) is 6.04 Å². The number of likely N-dealkylation sites (N-methyl/N-ethyl adjacent to an activating group) is 1. The van der Waals surface area contributed by atoms with Crippen molar-refractivity contribution in [2.45, 2.75) is 65.5 Å². The van der Waals surface area contributed by atoms with Gasteiger partial charge in [-0.2, -0.15) is 5.10 Å². The molecule has 3 nitrogen and oxygen atoms in total. The molecular weight excluding hydrogens is 282 g/mol. The zero-order valence-corrected chi connectivity index (χ0v) is 14.3. The summed E-state index contributed by atoms with van der Waals surface area (Å²) in [6.07, 6.45) is 6.78. The molecule has 2 saturated carbocycles. The van der Waals surface area contributed by atoms with Crippen LogP contribution in [-0.4, -0.2) is 22.4 Å². The number of aryl methyl sites for hydroxylation is 2. The fourth-order valence-electron chi connectivity index (χ4n) is 4.52. The third-order valence-electron chi connectivity index (χ3n) is 5.52. The second kappa shape index (κ2) is 6.29. The second-order valence-electron chi connectivity index (χ2n) is 6.72. The van der Waals surface area contributed by atoms with Crippen molar-refractivity contribution >= 4 is 11.6 Å². The average molecular weight is 310 g/mol. The van der Waals surface area contributed by atoms with Crippen LogP contribution in [-0.2, 0) is 13.0 Å². The maximum absolute atomic E-state index is 6.50. The molecule has 21 heavy (non-hydrogen) atoms. The summed E-state index contributed by atoms with van der Waals surface area (Å²) in [6, 6.07) is 0.571. The molecule has 1 aromatic heterocycles. The Morgan fingerprint density at radius 1 is 1.29 bits per heavy atom. The van der Waals surface area contributed by atoms with E-state index in [0.717, 1.165) is 48.0 Å². The summed E-state index contributed by atoms with van der Waals surface area (Å²) in [5, 5.41) is 9.18. The van der Waals surface area contributed by atoms with Gasteiger partial charge in [-0.25, -0.2) is 0 Å². The Hall–Kier alpha value is -0.540. The maximum atomic E-state index is 6.50. The van der Waals surface area contributed by atoms with E-state index in [1.54, 1.807) is 0 Å². The number of rotatable bonds is 6. The van der Waals surface area contributed by atoms with Crippen LogP contribution in [0.2, 0.25) is 5.02 Å². The van der Waals surface area contributed by atoms with Gasteiger partial charge >= 0.3 is 0 Å². The van der Waals surface area contributed by atoms with E-state index in [2.05, 4.69) is 28.9 Å². The van der Waals surface area contributed by atoms with Crippen LogP contribution in [0.25, 0.3) is 0 Å². The summed E-state index contributed by atoms with van der Waals surface area (Å²) in [5.41, 5.74) is 2.20. The largest absolute Gasteiger partial charge is 0.314 e. The molecule has 0 amide bonds. The van der Waals surface area contributed by atoms with Gasteiger partial charge in [0.2, 0.25) is 0 Å². The van der Waals surface area contributed by atoms with Crippen LogP contribution in [0.4, 0.5) is 0 Å². The molecule has 2 aliphatic carbocycles. The first-order valence-electron chi connectivity index (χ1n) is 8.62. The van der Waals surface area contributed by atoms with Gasteiger partial charge in [0, 0.05) is 19.0 Å². The molecule has 1 heterocycles. The molecule has 3 rings (SSSR count). The summed E-state index contributed by atoms with van der Waals surface area (Å²) in [4.78, 5) is 0. The van der Waals surface area contributed by atoms with Gasteiger partial charge < -0.3 is 5.32 Å². The highest BCUT2D eigenvalue weighted by molar-refractivity contribution is 6.31. The predicted molar refractivity (Wildman–Crippen MR) is 87.8 cm³/mol. The molecule has 1 aromatic rings. The van der Waals surface area contributed by atoms with Crippen LogP contribution >= 0.6 is 11.6 Å². The van der Waals surface area contributed by atoms with Gasteiger partial charge in [0.1, 0.15) is 0 Å². The SMILES string of the molecule is CCNC(Cc1c(Cl)c(C)nn1CC)C1C2CCCCC21. The van der Waals surface area contributed by atoms with Crippen molar-refractivity contribution < 1.29 is 0 Å². The number of fused-ring (bicyclic) bond motifs is 1. The third-order valence-corrected chi connectivity index (χ3v) is 6.01. The minimum absolute atomic E-state index is 0.571. The smallest absolute Gasteiger partial charge is 0.0847 e. The molecule has 0 aromatic carbocycles. The number of nitrogens with zero attached hydrogens (tertiary/aromatic N) is 2. The standard InChI is InChI=1S/C17H28ClN3/c1-4-19-14(16-12-8-6-7-9-13(12)16)10-15-17(18)11(3)20-21(15)5-2/h12-14,16,19H,4-10H2,1-3H3. The molecule has 0 bridgehead atoms. The highest BCUT2D eigenvalue weighted by Crippen LogP contribution is 2.57. The molecule has 4 heteroatoms. The number of halogens is 1. The van der Waals surface area contributed by atoms with E-state index in [1.807, 2.05) is 6.92 Å². The zero-order chi connectivity index (χ0) is 15.0. The zero-order valence-electron chi connectivity index (χ0n) is 13.5. The van der Waals surface area contributed by atoms with Crippen molar-refractivity contribution in [1.29, 1.82) is 0 Å². The van der Waals surface area contributed by atoms with E-state index in [9.17, 15) is 0 Å². The highest BCUT2D eigenvalue weighted by atomic mass is 35.5. The third kappa shape index (κ3) is 2.87. The summed E-state index contributed by atoms with van der Waals surface area (Å²) in [6.45, 7) is 8.31. The molecule has 2 fully saturated rings. The quantitative estimate of drug-likeness (QED) is 0.865. The molecular formula is C17H28ClN3. The van der Waals surface area contributed by atoms with Gasteiger partial charge in [-0.05, 0) is 51.0 Å². The Balaban J connectivity index is 1.77. The Morgan fingerprint density at radius 2 is 1.95 bits per heavy atom.